The van der Waals surface area contributed by atoms with Gasteiger partial charge in [0.15, 0.2) is 6.10 Å². The molecule has 0 amide bonds. The Morgan fingerprint density at radius 3 is 2.62 bits per heavy atom. The molecule has 1 aliphatic heterocycles. The number of carbonyl (C=O) groups is 1. The van der Waals surface area contributed by atoms with Crippen molar-refractivity contribution in [2.45, 2.75) is 12.5 Å². The van der Waals surface area contributed by atoms with Crippen molar-refractivity contribution in [3.8, 4) is 0 Å². The summed E-state index contributed by atoms with van der Waals surface area (Å²) in [5.41, 5.74) is 0. The minimum atomic E-state index is -0.264. The lowest BCUT2D eigenvalue weighted by atomic mass is 10.2. The van der Waals surface area contributed by atoms with Crippen LogP contribution in [-0.4, -0.2) is 25.8 Å². The van der Waals surface area contributed by atoms with Crippen LogP contribution in [0.4, 0.5) is 0 Å². The van der Waals surface area contributed by atoms with Crippen LogP contribution < -0.4 is 0 Å². The van der Waals surface area contributed by atoms with Gasteiger partial charge in [0, 0.05) is 6.42 Å². The summed E-state index contributed by atoms with van der Waals surface area (Å²) in [6.07, 6.45) is 0.548. The number of carbonyl (C=O) groups excluding carboxylic acids is 1. The van der Waals surface area contributed by atoms with Gasteiger partial charge in [-0.05, 0) is 0 Å². The summed E-state index contributed by atoms with van der Waals surface area (Å²) in [6, 6.07) is 0. The van der Waals surface area contributed by atoms with Crippen LogP contribution in [0.1, 0.15) is 6.42 Å². The van der Waals surface area contributed by atoms with E-state index in [9.17, 15) is 4.79 Å². The molecule has 0 spiro atoms. The Balaban J connectivity index is 2.24. The molecule has 46 valence electrons. The van der Waals surface area contributed by atoms with E-state index in [-0.39, 0.29) is 12.1 Å². The summed E-state index contributed by atoms with van der Waals surface area (Å²) in [5.74, 6) is -0.253. The quantitative estimate of drug-likeness (QED) is 0.450. The van der Waals surface area contributed by atoms with Crippen molar-refractivity contribution in [2.24, 2.45) is 0 Å². The van der Waals surface area contributed by atoms with Crippen LogP contribution in [-0.2, 0) is 14.3 Å². The molecule has 0 aromatic carbocycles. The number of esters is 1. The van der Waals surface area contributed by atoms with Gasteiger partial charge in [-0.1, -0.05) is 0 Å². The van der Waals surface area contributed by atoms with E-state index in [0.29, 0.717) is 6.61 Å². The number of rotatable bonds is 1. The Labute approximate surface area is 47.6 Å². The first kappa shape index (κ1) is 5.56. The highest BCUT2D eigenvalue weighted by Gasteiger charge is 2.26. The number of methoxy groups -OCH3 is 1. The molecule has 0 aromatic rings. The molecule has 3 heteroatoms. The van der Waals surface area contributed by atoms with Gasteiger partial charge in [0.1, 0.15) is 0 Å². The van der Waals surface area contributed by atoms with E-state index in [0.717, 1.165) is 6.42 Å². The van der Waals surface area contributed by atoms with Crippen LogP contribution in [0.5, 0.6) is 0 Å². The van der Waals surface area contributed by atoms with Gasteiger partial charge in [0.25, 0.3) is 0 Å². The summed E-state index contributed by atoms with van der Waals surface area (Å²) in [5, 5.41) is 0. The molecule has 1 heterocycles. The van der Waals surface area contributed by atoms with Crippen molar-refractivity contribution in [1.29, 1.82) is 0 Å². The number of hydrogen-bond acceptors (Lipinski definition) is 3. The lowest BCUT2D eigenvalue weighted by Crippen LogP contribution is -2.35. The van der Waals surface area contributed by atoms with E-state index < -0.39 is 0 Å². The van der Waals surface area contributed by atoms with Gasteiger partial charge < -0.3 is 9.47 Å². The monoisotopic (exact) mass is 116 g/mol. The summed E-state index contributed by atoms with van der Waals surface area (Å²) in [4.78, 5) is 10.4. The summed E-state index contributed by atoms with van der Waals surface area (Å²) in [7, 11) is 1.37. The van der Waals surface area contributed by atoms with Crippen LogP contribution in [0.2, 0.25) is 0 Å². The molecule has 8 heavy (non-hydrogen) atoms. The first-order valence-corrected chi connectivity index (χ1v) is 2.54. The first-order valence-electron chi connectivity index (χ1n) is 2.54. The van der Waals surface area contributed by atoms with E-state index in [2.05, 4.69) is 4.74 Å². The molecule has 3 nitrogen and oxygen atoms in total. The predicted molar refractivity (Wildman–Crippen MR) is 26.4 cm³/mol. The highest BCUT2D eigenvalue weighted by atomic mass is 16.6. The largest absolute Gasteiger partial charge is 0.467 e. The van der Waals surface area contributed by atoms with Crippen LogP contribution >= 0.6 is 0 Å². The molecular formula is C5H8O3. The fraction of sp³-hybridized carbons (Fsp3) is 0.800. The third kappa shape index (κ3) is 0.816. The second-order valence-electron chi connectivity index (χ2n) is 1.67. The van der Waals surface area contributed by atoms with E-state index in [1.807, 2.05) is 0 Å². The molecule has 0 saturated carbocycles. The van der Waals surface area contributed by atoms with E-state index in [1.54, 1.807) is 0 Å². The van der Waals surface area contributed by atoms with Gasteiger partial charge in [0.05, 0.1) is 13.7 Å². The zero-order chi connectivity index (χ0) is 5.98. The highest BCUT2D eigenvalue weighted by Crippen LogP contribution is 2.11. The van der Waals surface area contributed by atoms with Crippen molar-refractivity contribution < 1.29 is 14.3 Å². The summed E-state index contributed by atoms with van der Waals surface area (Å²) in [6.45, 7) is 0.694. The van der Waals surface area contributed by atoms with E-state index in [4.69, 9.17) is 4.74 Å². The lowest BCUT2D eigenvalue weighted by molar-refractivity contribution is -0.166. The fourth-order valence-electron chi connectivity index (χ4n) is 0.553. The summed E-state index contributed by atoms with van der Waals surface area (Å²) < 4.78 is 9.20. The molecule has 0 bridgehead atoms. The zero-order valence-electron chi connectivity index (χ0n) is 4.72. The Bertz CT molecular complexity index is 95.8. The normalized spacial score (nSPS) is 26.4. The molecule has 0 aromatic heterocycles. The minimum Gasteiger partial charge on any atom is -0.467 e. The zero-order valence-corrected chi connectivity index (χ0v) is 4.72. The molecule has 0 aliphatic carbocycles. The fourth-order valence-corrected chi connectivity index (χ4v) is 0.553. The van der Waals surface area contributed by atoms with Gasteiger partial charge in [-0.3, -0.25) is 0 Å². The SMILES string of the molecule is COC(=O)C1CCO1. The van der Waals surface area contributed by atoms with Crippen molar-refractivity contribution in [3.05, 3.63) is 0 Å². The van der Waals surface area contributed by atoms with Crippen LogP contribution in [0, 0.1) is 0 Å². The highest BCUT2D eigenvalue weighted by molar-refractivity contribution is 5.75. The maximum absolute atomic E-state index is 10.4. The van der Waals surface area contributed by atoms with Crippen molar-refractivity contribution in [1.82, 2.24) is 0 Å². The molecule has 1 rings (SSSR count). The predicted octanol–water partition coefficient (Wildman–Crippen LogP) is -0.0517. The molecule has 1 saturated heterocycles. The molecule has 1 aliphatic rings. The summed E-state index contributed by atoms with van der Waals surface area (Å²) >= 11 is 0. The topological polar surface area (TPSA) is 35.5 Å². The molecule has 1 fully saturated rings. The lowest BCUT2D eigenvalue weighted by Gasteiger charge is -2.22. The van der Waals surface area contributed by atoms with Crippen LogP contribution in [0.3, 0.4) is 0 Å². The average Bonchev–Trinajstić information content (AvgIpc) is 1.62. The van der Waals surface area contributed by atoms with E-state index in [1.165, 1.54) is 7.11 Å². The Kier molecular flexibility index (Phi) is 1.48. The maximum Gasteiger partial charge on any atom is 0.335 e. The second-order valence-corrected chi connectivity index (χ2v) is 1.67. The van der Waals surface area contributed by atoms with Crippen molar-refractivity contribution in [2.75, 3.05) is 13.7 Å². The smallest absolute Gasteiger partial charge is 0.335 e. The average molecular weight is 116 g/mol. The van der Waals surface area contributed by atoms with Gasteiger partial charge in [-0.25, -0.2) is 4.79 Å². The van der Waals surface area contributed by atoms with Gasteiger partial charge >= 0.3 is 5.97 Å². The Morgan fingerprint density at radius 2 is 2.50 bits per heavy atom. The van der Waals surface area contributed by atoms with Crippen LogP contribution in [0.25, 0.3) is 0 Å². The van der Waals surface area contributed by atoms with Crippen molar-refractivity contribution in [3.63, 3.8) is 0 Å². The third-order valence-electron chi connectivity index (χ3n) is 1.16. The molecule has 1 atom stereocenters. The minimum absolute atomic E-state index is 0.253. The molecule has 0 N–H and O–H groups in total. The molecule has 1 unspecified atom stereocenters. The van der Waals surface area contributed by atoms with Gasteiger partial charge in [-0.2, -0.15) is 0 Å². The van der Waals surface area contributed by atoms with E-state index >= 15 is 0 Å². The Morgan fingerprint density at radius 1 is 1.88 bits per heavy atom. The molecular weight excluding hydrogens is 108 g/mol. The third-order valence-corrected chi connectivity index (χ3v) is 1.16. The number of ether oxygens (including phenoxy) is 2. The Hall–Kier alpha value is -0.570. The maximum atomic E-state index is 10.4. The first-order chi connectivity index (χ1) is 3.84. The second kappa shape index (κ2) is 2.13. The van der Waals surface area contributed by atoms with Gasteiger partial charge in [-0.15, -0.1) is 0 Å². The van der Waals surface area contributed by atoms with Crippen molar-refractivity contribution >= 4 is 5.97 Å². The number of hydrogen-bond donors (Lipinski definition) is 0. The molecule has 0 radical (unpaired) electrons. The standard InChI is InChI=1S/C5H8O3/c1-7-5(6)4-2-3-8-4/h4H,2-3H2,1H3. The van der Waals surface area contributed by atoms with Gasteiger partial charge in [0.2, 0.25) is 0 Å². The van der Waals surface area contributed by atoms with Crippen LogP contribution in [0.15, 0.2) is 0 Å².